The van der Waals surface area contributed by atoms with Crippen molar-refractivity contribution in [1.82, 2.24) is 10.0 Å². The summed E-state index contributed by atoms with van der Waals surface area (Å²) < 4.78 is 31.1. The summed E-state index contributed by atoms with van der Waals surface area (Å²) in [6.07, 6.45) is 4.56. The van der Waals surface area contributed by atoms with Crippen LogP contribution in [0.5, 0.6) is 0 Å². The number of hydrogen-bond donors (Lipinski definition) is 3. The minimum atomic E-state index is -3.18. The Kier molecular flexibility index (Phi) is 6.82. The van der Waals surface area contributed by atoms with Gasteiger partial charge in [-0.2, -0.15) is 0 Å². The second-order valence-corrected chi connectivity index (χ2v) is 8.48. The second-order valence-electron chi connectivity index (χ2n) is 6.39. The predicted octanol–water partition coefficient (Wildman–Crippen LogP) is 0.141. The molecule has 1 aliphatic heterocycles. The normalized spacial score (nSPS) is 29.0. The first-order valence-corrected chi connectivity index (χ1v) is 10.1. The standard InChI is InChI=1S/C15H28N2O5S/c1-2-23(20,21)16-9-8-12-6-7-13(14(10-18)22-12)17-15(19)11-4-3-5-11/h11-14,16,18H,2-10H2,1H3,(H,17,19)/t12-,13+,14+/m1/s1. The molecule has 1 aliphatic carbocycles. The van der Waals surface area contributed by atoms with Gasteiger partial charge in [-0.25, -0.2) is 13.1 Å². The van der Waals surface area contributed by atoms with Gasteiger partial charge < -0.3 is 15.2 Å². The first-order valence-electron chi connectivity index (χ1n) is 8.49. The van der Waals surface area contributed by atoms with Crippen molar-refractivity contribution in [3.63, 3.8) is 0 Å². The van der Waals surface area contributed by atoms with E-state index in [1.165, 1.54) is 0 Å². The zero-order valence-corrected chi connectivity index (χ0v) is 14.5. The van der Waals surface area contributed by atoms with Gasteiger partial charge in [0.15, 0.2) is 0 Å². The molecule has 0 aromatic heterocycles. The summed E-state index contributed by atoms with van der Waals surface area (Å²) in [5.74, 6) is 0.250. The lowest BCUT2D eigenvalue weighted by Gasteiger charge is -2.37. The molecule has 0 unspecified atom stereocenters. The number of amides is 1. The zero-order chi connectivity index (χ0) is 16.9. The van der Waals surface area contributed by atoms with Crippen LogP contribution in [-0.2, 0) is 19.6 Å². The minimum Gasteiger partial charge on any atom is -0.394 e. The fourth-order valence-corrected chi connectivity index (χ4v) is 3.59. The molecule has 0 aromatic carbocycles. The van der Waals surface area contributed by atoms with Crippen molar-refractivity contribution in [1.29, 1.82) is 0 Å². The largest absolute Gasteiger partial charge is 0.394 e. The van der Waals surface area contributed by atoms with Crippen molar-refractivity contribution in [2.24, 2.45) is 5.92 Å². The summed E-state index contributed by atoms with van der Waals surface area (Å²) in [7, 11) is -3.18. The van der Waals surface area contributed by atoms with Crippen LogP contribution in [0.3, 0.4) is 0 Å². The molecule has 3 atom stereocenters. The van der Waals surface area contributed by atoms with Gasteiger partial charge in [0.25, 0.3) is 0 Å². The Hall–Kier alpha value is -0.700. The number of nitrogens with one attached hydrogen (secondary N) is 2. The van der Waals surface area contributed by atoms with Crippen LogP contribution >= 0.6 is 0 Å². The number of sulfonamides is 1. The fourth-order valence-electron chi connectivity index (χ4n) is 2.96. The molecule has 1 amide bonds. The van der Waals surface area contributed by atoms with Crippen molar-refractivity contribution < 1.29 is 23.1 Å². The molecule has 1 saturated carbocycles. The van der Waals surface area contributed by atoms with Gasteiger partial charge in [0.1, 0.15) is 6.10 Å². The second kappa shape index (κ2) is 8.41. The summed E-state index contributed by atoms with van der Waals surface area (Å²) in [6.45, 7) is 1.78. The van der Waals surface area contributed by atoms with Crippen LogP contribution < -0.4 is 10.0 Å². The maximum Gasteiger partial charge on any atom is 0.223 e. The lowest BCUT2D eigenvalue weighted by Crippen LogP contribution is -2.53. The van der Waals surface area contributed by atoms with E-state index in [2.05, 4.69) is 10.0 Å². The van der Waals surface area contributed by atoms with E-state index < -0.39 is 16.1 Å². The Bertz CT molecular complexity index is 492. The van der Waals surface area contributed by atoms with Crippen LogP contribution in [0.15, 0.2) is 0 Å². The van der Waals surface area contributed by atoms with Crippen LogP contribution in [-0.4, -0.2) is 56.6 Å². The Morgan fingerprint density at radius 2 is 2.00 bits per heavy atom. The van der Waals surface area contributed by atoms with Crippen molar-refractivity contribution >= 4 is 15.9 Å². The van der Waals surface area contributed by atoms with Crippen LogP contribution in [0, 0.1) is 5.92 Å². The SMILES string of the molecule is CCS(=O)(=O)NCC[C@H]1CC[C@H](NC(=O)C2CCC2)[C@H](CO)O1. The molecule has 2 rings (SSSR count). The quantitative estimate of drug-likeness (QED) is 0.579. The van der Waals surface area contributed by atoms with Gasteiger partial charge in [-0.1, -0.05) is 6.42 Å². The highest BCUT2D eigenvalue weighted by atomic mass is 32.2. The summed E-state index contributed by atoms with van der Waals surface area (Å²) in [5.41, 5.74) is 0. The molecule has 0 bridgehead atoms. The highest BCUT2D eigenvalue weighted by Crippen LogP contribution is 2.28. The van der Waals surface area contributed by atoms with Crippen LogP contribution in [0.4, 0.5) is 0 Å². The van der Waals surface area contributed by atoms with Gasteiger partial charge in [0, 0.05) is 12.5 Å². The molecule has 7 nitrogen and oxygen atoms in total. The average molecular weight is 348 g/mol. The molecule has 0 radical (unpaired) electrons. The minimum absolute atomic E-state index is 0.0626. The molecule has 2 fully saturated rings. The summed E-state index contributed by atoms with van der Waals surface area (Å²) in [5, 5.41) is 12.5. The number of aliphatic hydroxyl groups is 1. The van der Waals surface area contributed by atoms with Gasteiger partial charge in [-0.3, -0.25) is 4.79 Å². The molecule has 2 aliphatic rings. The van der Waals surface area contributed by atoms with Crippen molar-refractivity contribution in [2.75, 3.05) is 18.9 Å². The van der Waals surface area contributed by atoms with Gasteiger partial charge in [-0.15, -0.1) is 0 Å². The van der Waals surface area contributed by atoms with Crippen LogP contribution in [0.1, 0.15) is 45.4 Å². The number of rotatable bonds is 8. The monoisotopic (exact) mass is 348 g/mol. The molecule has 134 valence electrons. The average Bonchev–Trinajstić information content (AvgIpc) is 2.46. The highest BCUT2D eigenvalue weighted by molar-refractivity contribution is 7.89. The summed E-state index contributed by atoms with van der Waals surface area (Å²) in [4.78, 5) is 12.0. The molecule has 1 saturated heterocycles. The third-order valence-corrected chi connectivity index (χ3v) is 6.17. The van der Waals surface area contributed by atoms with Crippen LogP contribution in [0.25, 0.3) is 0 Å². The molecule has 1 heterocycles. The van der Waals surface area contributed by atoms with Crippen LogP contribution in [0.2, 0.25) is 0 Å². The van der Waals surface area contributed by atoms with E-state index in [4.69, 9.17) is 4.74 Å². The fraction of sp³-hybridized carbons (Fsp3) is 0.933. The van der Waals surface area contributed by atoms with E-state index in [0.29, 0.717) is 13.0 Å². The molecular weight excluding hydrogens is 320 g/mol. The van der Waals surface area contributed by atoms with E-state index in [0.717, 1.165) is 32.1 Å². The first kappa shape index (κ1) is 18.6. The molecule has 0 spiro atoms. The molecule has 23 heavy (non-hydrogen) atoms. The number of carbonyl (C=O) groups is 1. The molecule has 3 N–H and O–H groups in total. The molecule has 0 aromatic rings. The number of carbonyl (C=O) groups excluding carboxylic acids is 1. The van der Waals surface area contributed by atoms with E-state index in [1.807, 2.05) is 0 Å². The lowest BCUT2D eigenvalue weighted by molar-refractivity contribution is -0.134. The van der Waals surface area contributed by atoms with Gasteiger partial charge in [-0.05, 0) is 39.0 Å². The maximum absolute atomic E-state index is 12.0. The van der Waals surface area contributed by atoms with E-state index >= 15 is 0 Å². The van der Waals surface area contributed by atoms with Crippen molar-refractivity contribution in [2.45, 2.75) is 63.7 Å². The van der Waals surface area contributed by atoms with Gasteiger partial charge in [0.05, 0.1) is 24.5 Å². The topological polar surface area (TPSA) is 105 Å². The molecular formula is C15H28N2O5S. The van der Waals surface area contributed by atoms with Gasteiger partial charge in [0.2, 0.25) is 15.9 Å². The Morgan fingerprint density at radius 3 is 2.57 bits per heavy atom. The summed E-state index contributed by atoms with van der Waals surface area (Å²) >= 11 is 0. The highest BCUT2D eigenvalue weighted by Gasteiger charge is 2.34. The molecule has 8 heteroatoms. The third-order valence-electron chi connectivity index (χ3n) is 4.77. The first-order chi connectivity index (χ1) is 10.9. The Labute approximate surface area is 138 Å². The number of ether oxygens (including phenoxy) is 1. The van der Waals surface area contributed by atoms with Crippen molar-refractivity contribution in [3.05, 3.63) is 0 Å². The lowest BCUT2D eigenvalue weighted by atomic mass is 9.84. The smallest absolute Gasteiger partial charge is 0.223 e. The third kappa shape index (κ3) is 5.41. The maximum atomic E-state index is 12.0. The van der Waals surface area contributed by atoms with E-state index in [9.17, 15) is 18.3 Å². The number of aliphatic hydroxyl groups excluding tert-OH is 1. The van der Waals surface area contributed by atoms with Crippen molar-refractivity contribution in [3.8, 4) is 0 Å². The van der Waals surface area contributed by atoms with E-state index in [1.54, 1.807) is 6.92 Å². The number of hydrogen-bond acceptors (Lipinski definition) is 5. The Balaban J connectivity index is 1.75. The van der Waals surface area contributed by atoms with Gasteiger partial charge >= 0.3 is 0 Å². The van der Waals surface area contributed by atoms with E-state index in [-0.39, 0.29) is 36.3 Å². The Morgan fingerprint density at radius 1 is 1.26 bits per heavy atom. The summed E-state index contributed by atoms with van der Waals surface area (Å²) in [6, 6.07) is -0.156. The zero-order valence-electron chi connectivity index (χ0n) is 13.7. The predicted molar refractivity (Wildman–Crippen MR) is 86.3 cm³/mol.